The Kier molecular flexibility index (Phi) is 4.82. The molecule has 0 spiro atoms. The van der Waals surface area contributed by atoms with Crippen LogP contribution in [0.5, 0.6) is 5.75 Å². The van der Waals surface area contributed by atoms with Crippen molar-refractivity contribution in [3.63, 3.8) is 0 Å². The second-order valence-electron chi connectivity index (χ2n) is 4.87. The van der Waals surface area contributed by atoms with E-state index in [1.807, 2.05) is 24.3 Å². The summed E-state index contributed by atoms with van der Waals surface area (Å²) >= 11 is 0. The standard InChI is InChI=1S/C17H20N2O2/c1-3-13-7-9-16(10-8-13)21-12(2)17(20)19-15-6-4-5-14(18)11-15/h4-12H,3,18H2,1-2H3,(H,19,20)/t12-/m1/s1. The molecular formula is C17H20N2O2. The monoisotopic (exact) mass is 284 g/mol. The van der Waals surface area contributed by atoms with E-state index in [1.165, 1.54) is 5.56 Å². The SMILES string of the molecule is CCc1ccc(O[C@H](C)C(=O)Nc2cccc(N)c2)cc1. The number of nitrogens with one attached hydrogen (secondary N) is 1. The average molecular weight is 284 g/mol. The number of nitrogen functional groups attached to an aromatic ring is 1. The van der Waals surface area contributed by atoms with E-state index in [-0.39, 0.29) is 5.91 Å². The van der Waals surface area contributed by atoms with Crippen molar-refractivity contribution in [3.8, 4) is 5.75 Å². The summed E-state index contributed by atoms with van der Waals surface area (Å²) in [5.74, 6) is 0.475. The molecule has 0 aromatic heterocycles. The number of ether oxygens (including phenoxy) is 1. The first kappa shape index (κ1) is 14.9. The first-order valence-corrected chi connectivity index (χ1v) is 7.00. The fourth-order valence-corrected chi connectivity index (χ4v) is 1.92. The molecule has 0 saturated carbocycles. The molecule has 110 valence electrons. The predicted octanol–water partition coefficient (Wildman–Crippen LogP) is 3.24. The number of carbonyl (C=O) groups excluding carboxylic acids is 1. The van der Waals surface area contributed by atoms with Crippen molar-refractivity contribution in [3.05, 3.63) is 54.1 Å². The van der Waals surface area contributed by atoms with Gasteiger partial charge in [-0.1, -0.05) is 25.1 Å². The van der Waals surface area contributed by atoms with Crippen LogP contribution in [0.15, 0.2) is 48.5 Å². The van der Waals surface area contributed by atoms with Gasteiger partial charge in [0.05, 0.1) is 0 Å². The number of carbonyl (C=O) groups is 1. The number of benzene rings is 2. The average Bonchev–Trinajstić information content (AvgIpc) is 2.48. The van der Waals surface area contributed by atoms with E-state index in [2.05, 4.69) is 12.2 Å². The van der Waals surface area contributed by atoms with E-state index in [4.69, 9.17) is 10.5 Å². The van der Waals surface area contributed by atoms with Gasteiger partial charge in [-0.15, -0.1) is 0 Å². The van der Waals surface area contributed by atoms with Gasteiger partial charge in [-0.05, 0) is 49.2 Å². The lowest BCUT2D eigenvalue weighted by molar-refractivity contribution is -0.122. The van der Waals surface area contributed by atoms with E-state index in [0.29, 0.717) is 17.1 Å². The molecule has 0 aliphatic heterocycles. The fraction of sp³-hybridized carbons (Fsp3) is 0.235. The summed E-state index contributed by atoms with van der Waals surface area (Å²) in [6.45, 7) is 3.81. The fourth-order valence-electron chi connectivity index (χ4n) is 1.92. The molecule has 0 unspecified atom stereocenters. The van der Waals surface area contributed by atoms with Gasteiger partial charge in [0.2, 0.25) is 0 Å². The highest BCUT2D eigenvalue weighted by Gasteiger charge is 2.14. The minimum atomic E-state index is -0.584. The predicted molar refractivity (Wildman–Crippen MR) is 85.4 cm³/mol. The molecule has 0 aliphatic rings. The largest absolute Gasteiger partial charge is 0.481 e. The zero-order valence-electron chi connectivity index (χ0n) is 12.3. The molecule has 1 atom stereocenters. The number of nitrogens with two attached hydrogens (primary N) is 1. The highest BCUT2D eigenvalue weighted by atomic mass is 16.5. The molecule has 0 fully saturated rings. The Morgan fingerprint density at radius 3 is 2.57 bits per heavy atom. The molecule has 0 heterocycles. The summed E-state index contributed by atoms with van der Waals surface area (Å²) in [6, 6.07) is 14.8. The maximum atomic E-state index is 12.1. The topological polar surface area (TPSA) is 64.3 Å². The summed E-state index contributed by atoms with van der Waals surface area (Å²) in [6.07, 6.45) is 0.394. The van der Waals surface area contributed by atoms with Crippen LogP contribution in [0, 0.1) is 0 Å². The third-order valence-corrected chi connectivity index (χ3v) is 3.17. The van der Waals surface area contributed by atoms with Crippen molar-refractivity contribution in [1.82, 2.24) is 0 Å². The van der Waals surface area contributed by atoms with Crippen molar-refractivity contribution >= 4 is 17.3 Å². The lowest BCUT2D eigenvalue weighted by Gasteiger charge is -2.15. The summed E-state index contributed by atoms with van der Waals surface area (Å²) in [5.41, 5.74) is 8.19. The maximum Gasteiger partial charge on any atom is 0.265 e. The van der Waals surface area contributed by atoms with Gasteiger partial charge in [-0.2, -0.15) is 0 Å². The molecule has 2 aromatic carbocycles. The minimum Gasteiger partial charge on any atom is -0.481 e. The van der Waals surface area contributed by atoms with Crippen LogP contribution < -0.4 is 15.8 Å². The van der Waals surface area contributed by atoms with Crippen LogP contribution in [-0.4, -0.2) is 12.0 Å². The van der Waals surface area contributed by atoms with Gasteiger partial charge in [-0.25, -0.2) is 0 Å². The molecular weight excluding hydrogens is 264 g/mol. The van der Waals surface area contributed by atoms with Crippen LogP contribution >= 0.6 is 0 Å². The van der Waals surface area contributed by atoms with Crippen LogP contribution in [0.1, 0.15) is 19.4 Å². The highest BCUT2D eigenvalue weighted by Crippen LogP contribution is 2.16. The summed E-state index contributed by atoms with van der Waals surface area (Å²) in [5, 5.41) is 2.78. The number of amides is 1. The van der Waals surface area contributed by atoms with E-state index in [9.17, 15) is 4.79 Å². The van der Waals surface area contributed by atoms with Gasteiger partial charge in [0.15, 0.2) is 6.10 Å². The number of hydrogen-bond acceptors (Lipinski definition) is 3. The molecule has 2 rings (SSSR count). The van der Waals surface area contributed by atoms with Gasteiger partial charge in [-0.3, -0.25) is 4.79 Å². The Balaban J connectivity index is 1.95. The molecule has 4 heteroatoms. The van der Waals surface area contributed by atoms with Gasteiger partial charge in [0, 0.05) is 11.4 Å². The second-order valence-corrected chi connectivity index (χ2v) is 4.87. The zero-order chi connectivity index (χ0) is 15.2. The van der Waals surface area contributed by atoms with Crippen molar-refractivity contribution in [2.75, 3.05) is 11.1 Å². The molecule has 1 amide bonds. The molecule has 0 bridgehead atoms. The number of aryl methyl sites for hydroxylation is 1. The molecule has 0 saturated heterocycles. The molecule has 4 nitrogen and oxygen atoms in total. The van der Waals surface area contributed by atoms with E-state index in [1.54, 1.807) is 31.2 Å². The summed E-state index contributed by atoms with van der Waals surface area (Å²) < 4.78 is 5.63. The Bertz CT molecular complexity index is 608. The van der Waals surface area contributed by atoms with Crippen LogP contribution in [0.3, 0.4) is 0 Å². The van der Waals surface area contributed by atoms with Crippen molar-refractivity contribution < 1.29 is 9.53 Å². The minimum absolute atomic E-state index is 0.208. The third kappa shape index (κ3) is 4.24. The Morgan fingerprint density at radius 1 is 1.24 bits per heavy atom. The van der Waals surface area contributed by atoms with E-state index in [0.717, 1.165) is 6.42 Å². The smallest absolute Gasteiger partial charge is 0.265 e. The van der Waals surface area contributed by atoms with Crippen molar-refractivity contribution in [2.45, 2.75) is 26.4 Å². The van der Waals surface area contributed by atoms with Gasteiger partial charge in [0.1, 0.15) is 5.75 Å². The quantitative estimate of drug-likeness (QED) is 0.828. The lowest BCUT2D eigenvalue weighted by Crippen LogP contribution is -2.30. The van der Waals surface area contributed by atoms with Crippen LogP contribution in [-0.2, 0) is 11.2 Å². The number of anilines is 2. The Morgan fingerprint density at radius 2 is 1.95 bits per heavy atom. The molecule has 21 heavy (non-hydrogen) atoms. The van der Waals surface area contributed by atoms with Crippen LogP contribution in [0.2, 0.25) is 0 Å². The summed E-state index contributed by atoms with van der Waals surface area (Å²) in [7, 11) is 0. The van der Waals surface area contributed by atoms with E-state index < -0.39 is 6.10 Å². The second kappa shape index (κ2) is 6.79. The number of hydrogen-bond donors (Lipinski definition) is 2. The maximum absolute atomic E-state index is 12.1. The van der Waals surface area contributed by atoms with Gasteiger partial charge in [0.25, 0.3) is 5.91 Å². The first-order chi connectivity index (χ1) is 10.1. The summed E-state index contributed by atoms with van der Waals surface area (Å²) in [4.78, 5) is 12.1. The third-order valence-electron chi connectivity index (χ3n) is 3.17. The molecule has 0 aliphatic carbocycles. The van der Waals surface area contributed by atoms with Crippen LogP contribution in [0.4, 0.5) is 11.4 Å². The van der Waals surface area contributed by atoms with Crippen molar-refractivity contribution in [1.29, 1.82) is 0 Å². The first-order valence-electron chi connectivity index (χ1n) is 7.00. The van der Waals surface area contributed by atoms with Gasteiger partial charge < -0.3 is 15.8 Å². The molecule has 2 aromatic rings. The highest BCUT2D eigenvalue weighted by molar-refractivity contribution is 5.94. The van der Waals surface area contributed by atoms with E-state index >= 15 is 0 Å². The zero-order valence-corrected chi connectivity index (χ0v) is 12.3. The normalized spacial score (nSPS) is 11.7. The Labute approximate surface area is 124 Å². The Hall–Kier alpha value is -2.49. The van der Waals surface area contributed by atoms with Crippen LogP contribution in [0.25, 0.3) is 0 Å². The van der Waals surface area contributed by atoms with Gasteiger partial charge >= 0.3 is 0 Å². The lowest BCUT2D eigenvalue weighted by atomic mass is 10.2. The molecule has 3 N–H and O–H groups in total. The number of rotatable bonds is 5. The molecule has 0 radical (unpaired) electrons. The van der Waals surface area contributed by atoms with Crippen molar-refractivity contribution in [2.24, 2.45) is 0 Å².